The van der Waals surface area contributed by atoms with Gasteiger partial charge in [-0.1, -0.05) is 66.0 Å². The Hall–Kier alpha value is -5.42. The summed E-state index contributed by atoms with van der Waals surface area (Å²) < 4.78 is 10.8. The lowest BCUT2D eigenvalue weighted by Crippen LogP contribution is -2.56. The lowest BCUT2D eigenvalue weighted by molar-refractivity contribution is -0.127. The summed E-state index contributed by atoms with van der Waals surface area (Å²) in [5.74, 6) is -0.655. The van der Waals surface area contributed by atoms with Gasteiger partial charge in [0.25, 0.3) is 11.8 Å². The molecule has 2 atom stereocenters. The van der Waals surface area contributed by atoms with Gasteiger partial charge in [-0.3, -0.25) is 20.4 Å². The zero-order valence-corrected chi connectivity index (χ0v) is 37.8. The van der Waals surface area contributed by atoms with E-state index in [0.717, 1.165) is 18.8 Å². The fraction of sp³-hybridized carbons (Fsp3) is 0.333. The Morgan fingerprint density at radius 2 is 1.21 bits per heavy atom. The third kappa shape index (κ3) is 14.6. The molecule has 0 aliphatic carbocycles. The standard InChI is InChI=1S/C20H20Cl2N4O3.C20H18Cl2N4O2.C4H8O.CH4/c1-11-14(9-10-15(23-4)16(11)22)24-17(20(2,3)29)19(28)26-25-18(27)12-5-7-13(21)8-6-12;1-11-14(9-10-15(23-4)16(11)22)24-17(20(2,3)27)19-26-25-18(28-19)12-5-7-13(21)8-6-12;1-2-4-5-3-1;/h5-10,17,24,29H,1-3H3,(H,25,27)(H,26,28);5-10,17,24,27H,1-3H3;1-4H2;1H4/t2*17-;;/m00../s1. The van der Waals surface area contributed by atoms with E-state index in [1.165, 1.54) is 44.9 Å². The number of carbonyl (C=O) groups is 2. The highest BCUT2D eigenvalue weighted by Gasteiger charge is 2.35. The number of benzene rings is 4. The number of halogens is 4. The summed E-state index contributed by atoms with van der Waals surface area (Å²) >= 11 is 24.1. The van der Waals surface area contributed by atoms with Crippen molar-refractivity contribution in [3.05, 3.63) is 138 Å². The van der Waals surface area contributed by atoms with Gasteiger partial charge >= 0.3 is 0 Å². The molecule has 0 spiro atoms. The Balaban J connectivity index is 0.000000297. The Bertz CT molecular complexity index is 2410. The lowest BCUT2D eigenvalue weighted by Gasteiger charge is -2.30. The van der Waals surface area contributed by atoms with Crippen molar-refractivity contribution in [2.45, 2.75) is 85.1 Å². The second kappa shape index (κ2) is 23.3. The number of amides is 2. The lowest BCUT2D eigenvalue weighted by atomic mass is 9.97. The van der Waals surface area contributed by atoms with Crippen molar-refractivity contribution < 1.29 is 29.0 Å². The summed E-state index contributed by atoms with van der Waals surface area (Å²) in [4.78, 5) is 31.5. The molecule has 0 saturated carbocycles. The zero-order valence-electron chi connectivity index (χ0n) is 34.7. The molecule has 0 unspecified atom stereocenters. The van der Waals surface area contributed by atoms with Gasteiger partial charge in [0.05, 0.1) is 34.4 Å². The van der Waals surface area contributed by atoms with Crippen LogP contribution in [0.1, 0.15) is 81.4 Å². The molecule has 6 N–H and O–H groups in total. The van der Waals surface area contributed by atoms with Crippen LogP contribution in [0, 0.1) is 27.0 Å². The molecule has 14 nitrogen and oxygen atoms in total. The molecule has 2 amide bonds. The highest BCUT2D eigenvalue weighted by atomic mass is 35.5. The highest BCUT2D eigenvalue weighted by Crippen LogP contribution is 2.38. The van der Waals surface area contributed by atoms with Crippen molar-refractivity contribution in [2.24, 2.45) is 0 Å². The van der Waals surface area contributed by atoms with Crippen LogP contribution in [-0.4, -0.2) is 62.7 Å². The van der Waals surface area contributed by atoms with Crippen molar-refractivity contribution in [3.63, 3.8) is 0 Å². The molecule has 334 valence electrons. The first kappa shape index (κ1) is 51.9. The van der Waals surface area contributed by atoms with Gasteiger partial charge in [0.1, 0.15) is 12.1 Å². The summed E-state index contributed by atoms with van der Waals surface area (Å²) in [7, 11) is 0. The van der Waals surface area contributed by atoms with Crippen molar-refractivity contribution in [1.82, 2.24) is 21.0 Å². The van der Waals surface area contributed by atoms with Gasteiger partial charge in [-0.15, -0.1) is 10.2 Å². The molecule has 1 aliphatic rings. The van der Waals surface area contributed by atoms with Gasteiger partial charge in [-0.05, 0) is 126 Å². The van der Waals surface area contributed by atoms with Crippen molar-refractivity contribution in [3.8, 4) is 11.5 Å². The number of anilines is 2. The molecule has 0 radical (unpaired) electrons. The molecule has 63 heavy (non-hydrogen) atoms. The van der Waals surface area contributed by atoms with Gasteiger partial charge in [-0.25, -0.2) is 9.69 Å². The molecule has 18 heteroatoms. The van der Waals surface area contributed by atoms with E-state index in [0.29, 0.717) is 54.7 Å². The Morgan fingerprint density at radius 3 is 1.65 bits per heavy atom. The molecule has 1 fully saturated rings. The van der Waals surface area contributed by atoms with Crippen LogP contribution in [0.5, 0.6) is 0 Å². The van der Waals surface area contributed by atoms with E-state index in [1.54, 1.807) is 82.3 Å². The van der Waals surface area contributed by atoms with Crippen LogP contribution in [-0.2, 0) is 9.53 Å². The Labute approximate surface area is 387 Å². The van der Waals surface area contributed by atoms with E-state index in [2.05, 4.69) is 41.4 Å². The zero-order chi connectivity index (χ0) is 45.8. The number of aromatic nitrogens is 2. The molecule has 1 aliphatic heterocycles. The summed E-state index contributed by atoms with van der Waals surface area (Å²) in [6.07, 6.45) is 2.56. The van der Waals surface area contributed by atoms with Crippen molar-refractivity contribution in [1.29, 1.82) is 0 Å². The SMILES string of the molecule is C.C1CCOC1.[C-]#[N+]c1ccc(N[C@@H](C(=O)NNC(=O)c2ccc(Cl)cc2)C(C)(C)O)c(C)c1Cl.[C-]#[N+]c1ccc(N[C@@H](c2nnc(-c3ccc(Cl)cc3)o2)C(C)(C)O)c(C)c1Cl. The van der Waals surface area contributed by atoms with E-state index in [4.69, 9.17) is 68.7 Å². The van der Waals surface area contributed by atoms with Crippen LogP contribution < -0.4 is 21.5 Å². The van der Waals surface area contributed by atoms with E-state index < -0.39 is 35.1 Å². The number of nitrogens with zero attached hydrogens (tertiary/aromatic N) is 4. The second-order valence-electron chi connectivity index (χ2n) is 15.1. The highest BCUT2D eigenvalue weighted by molar-refractivity contribution is 6.35. The van der Waals surface area contributed by atoms with Gasteiger partial charge in [0.2, 0.25) is 23.2 Å². The van der Waals surface area contributed by atoms with Crippen LogP contribution in [0.15, 0.2) is 77.2 Å². The second-order valence-corrected chi connectivity index (χ2v) is 16.7. The van der Waals surface area contributed by atoms with Gasteiger partial charge in [0.15, 0.2) is 0 Å². The molecular weight excluding hydrogens is 890 g/mol. The number of ether oxygens (including phenoxy) is 1. The first-order valence-corrected chi connectivity index (χ1v) is 20.6. The quantitative estimate of drug-likeness (QED) is 0.0583. The average molecular weight is 941 g/mol. The topological polar surface area (TPSA) is 180 Å². The van der Waals surface area contributed by atoms with Crippen LogP contribution in [0.3, 0.4) is 0 Å². The van der Waals surface area contributed by atoms with Crippen LogP contribution in [0.25, 0.3) is 21.1 Å². The summed E-state index contributed by atoms with van der Waals surface area (Å²) in [5, 5.41) is 37.2. The first-order valence-electron chi connectivity index (χ1n) is 19.1. The minimum atomic E-state index is -1.48. The largest absolute Gasteiger partial charge is 0.418 e. The number of hydrogen-bond donors (Lipinski definition) is 6. The molecule has 0 bridgehead atoms. The number of rotatable bonds is 10. The van der Waals surface area contributed by atoms with Crippen LogP contribution in [0.2, 0.25) is 20.1 Å². The fourth-order valence-corrected chi connectivity index (χ4v) is 6.34. The number of nitrogens with one attached hydrogen (secondary N) is 4. The first-order chi connectivity index (χ1) is 29.2. The smallest absolute Gasteiger partial charge is 0.269 e. The third-order valence-corrected chi connectivity index (χ3v) is 10.7. The predicted molar refractivity (Wildman–Crippen MR) is 250 cm³/mol. The van der Waals surface area contributed by atoms with Crippen LogP contribution in [0.4, 0.5) is 22.7 Å². The fourth-order valence-electron chi connectivity index (χ4n) is 5.68. The maximum Gasteiger partial charge on any atom is 0.269 e. The van der Waals surface area contributed by atoms with Gasteiger partial charge in [0, 0.05) is 45.8 Å². The van der Waals surface area contributed by atoms with Gasteiger partial charge < -0.3 is 30.0 Å². The summed E-state index contributed by atoms with van der Waals surface area (Å²) in [5.41, 5.74) is 5.99. The molecule has 2 heterocycles. The molecule has 1 saturated heterocycles. The normalized spacial score (nSPS) is 12.9. The minimum Gasteiger partial charge on any atom is -0.418 e. The van der Waals surface area contributed by atoms with E-state index in [9.17, 15) is 19.8 Å². The number of carbonyl (C=O) groups excluding carboxylic acids is 2. The third-order valence-electron chi connectivity index (χ3n) is 9.26. The maximum atomic E-state index is 12.7. The van der Waals surface area contributed by atoms with E-state index in [-0.39, 0.29) is 24.0 Å². The number of hydrogen-bond acceptors (Lipinski definition) is 10. The molecule has 1 aromatic heterocycles. The van der Waals surface area contributed by atoms with Crippen molar-refractivity contribution >= 4 is 81.0 Å². The average Bonchev–Trinajstić information content (AvgIpc) is 3.98. The van der Waals surface area contributed by atoms with Crippen molar-refractivity contribution in [2.75, 3.05) is 23.8 Å². The molecule has 5 aromatic rings. The van der Waals surface area contributed by atoms with Crippen LogP contribution >= 0.6 is 46.4 Å². The summed E-state index contributed by atoms with van der Waals surface area (Å²) in [6, 6.07) is 17.8. The molecule has 4 aromatic carbocycles. The maximum absolute atomic E-state index is 12.7. The summed E-state index contributed by atoms with van der Waals surface area (Å²) in [6.45, 7) is 26.0. The monoisotopic (exact) mass is 938 g/mol. The molecular formula is C45H50Cl4N8O6. The Morgan fingerprint density at radius 1 is 0.714 bits per heavy atom. The predicted octanol–water partition coefficient (Wildman–Crippen LogP) is 11.1. The Kier molecular flexibility index (Phi) is 19.2. The van der Waals surface area contributed by atoms with E-state index >= 15 is 0 Å². The minimum absolute atomic E-state index is 0. The van der Waals surface area contributed by atoms with E-state index in [1.807, 2.05) is 0 Å². The number of hydrazine groups is 1. The molecule has 6 rings (SSSR count). The van der Waals surface area contributed by atoms with Gasteiger partial charge in [-0.2, -0.15) is 0 Å². The number of aliphatic hydroxyl groups is 2.